The largest absolute Gasteiger partial charge is 0.409 e. The van der Waals surface area contributed by atoms with Crippen molar-refractivity contribution >= 4 is 22.3 Å². The lowest BCUT2D eigenvalue weighted by molar-refractivity contribution is 0.318. The number of rotatable bonds is 6. The molecule has 0 bridgehead atoms. The van der Waals surface area contributed by atoms with Crippen LogP contribution in [0, 0.1) is 0 Å². The van der Waals surface area contributed by atoms with Gasteiger partial charge < -0.3 is 15.8 Å². The van der Waals surface area contributed by atoms with Crippen LogP contribution in [0.25, 0.3) is 10.8 Å². The Labute approximate surface area is 125 Å². The van der Waals surface area contributed by atoms with Gasteiger partial charge in [-0.1, -0.05) is 42.8 Å². The van der Waals surface area contributed by atoms with E-state index in [1.54, 1.807) is 0 Å². The van der Waals surface area contributed by atoms with Gasteiger partial charge in [0.05, 0.1) is 0 Å². The predicted octanol–water partition coefficient (Wildman–Crippen LogP) is 3.56. The van der Waals surface area contributed by atoms with Gasteiger partial charge in [-0.05, 0) is 30.9 Å². The summed E-state index contributed by atoms with van der Waals surface area (Å²) in [6, 6.07) is 12.1. The van der Waals surface area contributed by atoms with Gasteiger partial charge in [-0.3, -0.25) is 0 Å². The molecule has 0 aliphatic heterocycles. The molecule has 4 nitrogen and oxygen atoms in total. The van der Waals surface area contributed by atoms with Crippen LogP contribution in [-0.4, -0.2) is 24.1 Å². The summed E-state index contributed by atoms with van der Waals surface area (Å²) in [5.41, 5.74) is 7.76. The van der Waals surface area contributed by atoms with Crippen LogP contribution in [0.1, 0.15) is 32.3 Å². The van der Waals surface area contributed by atoms with E-state index in [9.17, 15) is 0 Å². The average molecular weight is 285 g/mol. The van der Waals surface area contributed by atoms with Crippen molar-refractivity contribution in [2.45, 2.75) is 26.7 Å². The number of amidine groups is 1. The Hall–Kier alpha value is -2.23. The zero-order chi connectivity index (χ0) is 15.2. The molecule has 0 aliphatic carbocycles. The molecule has 0 fully saturated rings. The van der Waals surface area contributed by atoms with Gasteiger partial charge in [0.25, 0.3) is 0 Å². The third-order valence-electron chi connectivity index (χ3n) is 3.79. The summed E-state index contributed by atoms with van der Waals surface area (Å²) in [6.07, 6.45) is 2.35. The van der Waals surface area contributed by atoms with Crippen molar-refractivity contribution < 1.29 is 5.21 Å². The first kappa shape index (κ1) is 15.2. The molecule has 0 atom stereocenters. The molecule has 0 saturated heterocycles. The number of hydrogen-bond acceptors (Lipinski definition) is 3. The number of fused-ring (bicyclic) bond motifs is 1. The third-order valence-corrected chi connectivity index (χ3v) is 3.79. The van der Waals surface area contributed by atoms with Crippen LogP contribution >= 0.6 is 0 Å². The molecule has 0 spiro atoms. The van der Waals surface area contributed by atoms with Gasteiger partial charge in [0.1, 0.15) is 0 Å². The smallest absolute Gasteiger partial charge is 0.170 e. The molecular formula is C17H23N3O. The van der Waals surface area contributed by atoms with Crippen molar-refractivity contribution in [3.63, 3.8) is 0 Å². The van der Waals surface area contributed by atoms with Crippen molar-refractivity contribution in [3.05, 3.63) is 42.0 Å². The molecule has 2 rings (SSSR count). The molecule has 21 heavy (non-hydrogen) atoms. The summed E-state index contributed by atoms with van der Waals surface area (Å²) in [6.45, 7) is 6.38. The molecule has 4 heteroatoms. The quantitative estimate of drug-likeness (QED) is 0.369. The van der Waals surface area contributed by atoms with Gasteiger partial charge in [-0.25, -0.2) is 0 Å². The fourth-order valence-corrected chi connectivity index (χ4v) is 2.63. The number of benzene rings is 2. The van der Waals surface area contributed by atoms with Gasteiger partial charge >= 0.3 is 0 Å². The van der Waals surface area contributed by atoms with Crippen molar-refractivity contribution in [1.29, 1.82) is 0 Å². The molecule has 0 aromatic heterocycles. The minimum Gasteiger partial charge on any atom is -0.409 e. The minimum absolute atomic E-state index is 0.148. The Balaban J connectivity index is 2.56. The molecule has 112 valence electrons. The lowest BCUT2D eigenvalue weighted by Crippen LogP contribution is -2.24. The van der Waals surface area contributed by atoms with Crippen LogP contribution in [0.3, 0.4) is 0 Å². The lowest BCUT2D eigenvalue weighted by atomic mass is 10.0. The van der Waals surface area contributed by atoms with Gasteiger partial charge in [0.2, 0.25) is 0 Å². The number of unbranched alkanes of at least 4 members (excludes halogenated alkanes) is 1. The topological polar surface area (TPSA) is 61.8 Å². The Morgan fingerprint density at radius 1 is 1.14 bits per heavy atom. The number of oxime groups is 1. The second kappa shape index (κ2) is 6.97. The van der Waals surface area contributed by atoms with Gasteiger partial charge in [0, 0.05) is 29.7 Å². The Kier molecular flexibility index (Phi) is 5.04. The maximum atomic E-state index is 8.94. The van der Waals surface area contributed by atoms with E-state index in [1.165, 1.54) is 18.5 Å². The fraction of sp³-hybridized carbons (Fsp3) is 0.353. The zero-order valence-electron chi connectivity index (χ0n) is 12.7. The number of nitrogens with two attached hydrogens (primary N) is 1. The highest BCUT2D eigenvalue weighted by Crippen LogP contribution is 2.29. The molecule has 3 N–H and O–H groups in total. The third kappa shape index (κ3) is 3.10. The summed E-state index contributed by atoms with van der Waals surface area (Å²) < 4.78 is 0. The standard InChI is InChI=1S/C17H23N3O/c1-3-5-12-20(4-2)16-11-10-15(17(18)19-21)13-8-6-7-9-14(13)16/h6-11,21H,3-5,12H2,1-2H3,(H2,18,19). The van der Waals surface area contributed by atoms with Crippen molar-refractivity contribution in [1.82, 2.24) is 0 Å². The van der Waals surface area contributed by atoms with Crippen LogP contribution < -0.4 is 10.6 Å². The van der Waals surface area contributed by atoms with E-state index < -0.39 is 0 Å². The van der Waals surface area contributed by atoms with Crippen molar-refractivity contribution in [2.24, 2.45) is 10.9 Å². The normalized spacial score (nSPS) is 11.8. The summed E-state index contributed by atoms with van der Waals surface area (Å²) in [5.74, 6) is 0.148. The molecule has 0 amide bonds. The molecule has 2 aromatic rings. The van der Waals surface area contributed by atoms with Crippen LogP contribution in [0.2, 0.25) is 0 Å². The SMILES string of the molecule is CCCCN(CC)c1ccc(/C(N)=N/O)c2ccccc12. The fourth-order valence-electron chi connectivity index (χ4n) is 2.63. The molecule has 0 aliphatic rings. The highest BCUT2D eigenvalue weighted by Gasteiger charge is 2.12. The first-order chi connectivity index (χ1) is 10.2. The minimum atomic E-state index is 0.148. The number of anilines is 1. The van der Waals surface area contributed by atoms with E-state index in [0.29, 0.717) is 0 Å². The molecule has 2 aromatic carbocycles. The maximum absolute atomic E-state index is 8.94. The van der Waals surface area contributed by atoms with Crippen molar-refractivity contribution in [3.8, 4) is 0 Å². The van der Waals surface area contributed by atoms with Crippen LogP contribution in [-0.2, 0) is 0 Å². The van der Waals surface area contributed by atoms with Crippen molar-refractivity contribution in [2.75, 3.05) is 18.0 Å². The Bertz CT molecular complexity index is 637. The second-order valence-electron chi connectivity index (χ2n) is 5.10. The summed E-state index contributed by atoms with van der Waals surface area (Å²) in [4.78, 5) is 2.38. The summed E-state index contributed by atoms with van der Waals surface area (Å²) >= 11 is 0. The molecule has 0 unspecified atom stereocenters. The predicted molar refractivity (Wildman–Crippen MR) is 89.3 cm³/mol. The zero-order valence-corrected chi connectivity index (χ0v) is 12.7. The monoisotopic (exact) mass is 285 g/mol. The second-order valence-corrected chi connectivity index (χ2v) is 5.10. The molecule has 0 radical (unpaired) electrons. The summed E-state index contributed by atoms with van der Waals surface area (Å²) in [5, 5.41) is 14.2. The van der Waals surface area contributed by atoms with E-state index >= 15 is 0 Å². The summed E-state index contributed by atoms with van der Waals surface area (Å²) in [7, 11) is 0. The van der Waals surface area contributed by atoms with Crippen LogP contribution in [0.5, 0.6) is 0 Å². The van der Waals surface area contributed by atoms with Gasteiger partial charge in [0.15, 0.2) is 5.84 Å². The Morgan fingerprint density at radius 2 is 1.86 bits per heavy atom. The van der Waals surface area contributed by atoms with Gasteiger partial charge in [-0.2, -0.15) is 0 Å². The average Bonchev–Trinajstić information content (AvgIpc) is 2.54. The molecule has 0 heterocycles. The first-order valence-corrected chi connectivity index (χ1v) is 7.47. The van der Waals surface area contributed by atoms with E-state index in [-0.39, 0.29) is 5.84 Å². The van der Waals surface area contributed by atoms with Crippen LogP contribution in [0.4, 0.5) is 5.69 Å². The molecule has 0 saturated carbocycles. The lowest BCUT2D eigenvalue weighted by Gasteiger charge is -2.25. The number of hydrogen-bond donors (Lipinski definition) is 2. The molecular weight excluding hydrogens is 262 g/mol. The van der Waals surface area contributed by atoms with Crippen LogP contribution in [0.15, 0.2) is 41.6 Å². The maximum Gasteiger partial charge on any atom is 0.170 e. The highest BCUT2D eigenvalue weighted by atomic mass is 16.4. The first-order valence-electron chi connectivity index (χ1n) is 7.47. The van der Waals surface area contributed by atoms with E-state index in [0.717, 1.165) is 29.4 Å². The highest BCUT2D eigenvalue weighted by molar-refractivity contribution is 6.11. The number of nitrogens with zero attached hydrogens (tertiary/aromatic N) is 2. The Morgan fingerprint density at radius 3 is 2.48 bits per heavy atom. The van der Waals surface area contributed by atoms with E-state index in [4.69, 9.17) is 10.9 Å². The van der Waals surface area contributed by atoms with Gasteiger partial charge in [-0.15, -0.1) is 0 Å². The van der Waals surface area contributed by atoms with E-state index in [1.807, 2.05) is 24.3 Å². The van der Waals surface area contributed by atoms with E-state index in [2.05, 4.69) is 36.0 Å².